The first-order chi connectivity index (χ1) is 40.3. The molecule has 85 heavy (non-hydrogen) atoms. The molecule has 3 aromatic rings. The van der Waals surface area contributed by atoms with Gasteiger partial charge in [-0.15, -0.1) is 0 Å². The van der Waals surface area contributed by atoms with E-state index in [1.807, 2.05) is 96.3 Å². The van der Waals surface area contributed by atoms with Crippen molar-refractivity contribution >= 4 is 53.0 Å². The van der Waals surface area contributed by atoms with Crippen LogP contribution in [0.3, 0.4) is 0 Å². The number of likely N-dealkylation sites (N-methyl/N-ethyl adjacent to an activating group) is 2. The Morgan fingerprint density at radius 3 is 2.08 bits per heavy atom. The number of carboxylic acid groups (broad SMARTS) is 1. The van der Waals surface area contributed by atoms with Crippen LogP contribution < -0.4 is 16.0 Å². The molecule has 1 aliphatic heterocycles. The molecule has 1 saturated heterocycles. The number of nitrogens with one attached hydrogen (secondary N) is 3. The van der Waals surface area contributed by atoms with Gasteiger partial charge in [0.2, 0.25) is 17.7 Å². The van der Waals surface area contributed by atoms with Gasteiger partial charge < -0.3 is 50.4 Å². The van der Waals surface area contributed by atoms with Gasteiger partial charge in [-0.25, -0.2) is 9.59 Å². The molecule has 0 radical (unpaired) electrons. The Bertz CT molecular complexity index is 2580. The molecule has 2 aromatic carbocycles. The number of aromatic hydroxyl groups is 2. The number of nitrogens with zero attached hydrogens (tertiary/aromatic N) is 4. The predicted molar refractivity (Wildman–Crippen MR) is 336 cm³/mol. The zero-order valence-electron chi connectivity index (χ0n) is 53.5. The summed E-state index contributed by atoms with van der Waals surface area (Å²) in [5, 5.41) is 40.8. The number of carboxylic acids is 1. The molecule has 4 amide bonds. The lowest BCUT2D eigenvalue weighted by Crippen LogP contribution is -2.58. The van der Waals surface area contributed by atoms with Crippen LogP contribution in [-0.4, -0.2) is 166 Å². The second-order valence-corrected chi connectivity index (χ2v) is 25.9. The van der Waals surface area contributed by atoms with Gasteiger partial charge >= 0.3 is 12.1 Å². The number of likely N-dealkylation sites (tertiary alicyclic amines) is 1. The van der Waals surface area contributed by atoms with E-state index in [0.717, 1.165) is 47.4 Å². The maximum absolute atomic E-state index is 14.5. The highest BCUT2D eigenvalue weighted by Gasteiger charge is 2.43. The molecule has 0 bridgehead atoms. The lowest BCUT2D eigenvalue weighted by molar-refractivity contribution is -0.145. The van der Waals surface area contributed by atoms with Gasteiger partial charge in [0.1, 0.15) is 18.7 Å². The maximum Gasteiger partial charge on any atom is 0.410 e. The molecule has 20 heteroatoms. The number of aliphatic carboxylic acids is 1. The fraction of sp³-hybridized carbons (Fsp3) is 0.662. The average Bonchev–Trinajstić information content (AvgIpc) is 2.48. The van der Waals surface area contributed by atoms with E-state index < -0.39 is 60.3 Å². The smallest absolute Gasteiger partial charge is 0.410 e. The minimum atomic E-state index is -1.14. The van der Waals surface area contributed by atoms with Crippen molar-refractivity contribution in [2.45, 2.75) is 207 Å². The molecule has 2 heterocycles. The van der Waals surface area contributed by atoms with Gasteiger partial charge in [-0.1, -0.05) is 118 Å². The molecule has 1 aliphatic rings. The third-order valence-electron chi connectivity index (χ3n) is 17.3. The topological polar surface area (TPSA) is 242 Å². The summed E-state index contributed by atoms with van der Waals surface area (Å²) in [6, 6.07) is 14.6. The molecule has 4 rings (SSSR count). The second-order valence-electron chi connectivity index (χ2n) is 24.1. The number of rotatable bonds is 37. The van der Waals surface area contributed by atoms with Gasteiger partial charge in [0.15, 0.2) is 17.5 Å². The van der Waals surface area contributed by atoms with Crippen LogP contribution in [0.4, 0.5) is 10.5 Å². The van der Waals surface area contributed by atoms with E-state index in [4.69, 9.17) is 14.2 Å². The predicted octanol–water partition coefficient (Wildman–Crippen LogP) is 9.85. The number of aromatic nitrogens is 1. The van der Waals surface area contributed by atoms with Crippen molar-refractivity contribution in [1.82, 2.24) is 29.9 Å². The summed E-state index contributed by atoms with van der Waals surface area (Å²) < 4.78 is 19.1. The van der Waals surface area contributed by atoms with Crippen molar-refractivity contribution < 1.29 is 58.3 Å². The number of methoxy groups -OCH3 is 2. The molecule has 476 valence electrons. The number of thioether (sulfide) groups is 1. The van der Waals surface area contributed by atoms with Gasteiger partial charge in [-0.05, 0) is 99.8 Å². The van der Waals surface area contributed by atoms with Crippen molar-refractivity contribution in [2.75, 3.05) is 52.5 Å². The standard InChI is InChI=1S/C65H103N7O12S/c1-16-43(8)58(54(82-14)38-56(75)71-35-25-28-52(71)59(83-15)44(9)60(76)67-50(63(79)80)36-46-26-21-19-22-27-46)69(12)39-51(41(4)5)68-61(77)57(42(6)7)70(13)64(81)84-40-47-30-32-48(33-31-47)66-45(10)53(73)29-23-20-24-34-72-55(74)37-49(62(72)78)65(11,17-2)85-18-3/h19,21-22,26-27,30-33,37,41-45,50-52,54,57-59,66,74,78H,16-18,20,23-25,28-29,34-36,38-40H2,1-15H3,(H,67,76)(H,68,77)(H,79,80). The zero-order valence-corrected chi connectivity index (χ0v) is 54.3. The van der Waals surface area contributed by atoms with Gasteiger partial charge in [-0.3, -0.25) is 33.5 Å². The number of benzene rings is 2. The molecule has 19 nitrogen and oxygen atoms in total. The van der Waals surface area contributed by atoms with Gasteiger partial charge in [-0.2, -0.15) is 11.8 Å². The third-order valence-corrected chi connectivity index (χ3v) is 18.8. The van der Waals surface area contributed by atoms with Crippen molar-refractivity contribution in [3.63, 3.8) is 0 Å². The van der Waals surface area contributed by atoms with Crippen LogP contribution in [0.1, 0.15) is 151 Å². The number of carbonyl (C=O) groups excluding carboxylic acids is 5. The molecule has 0 spiro atoms. The van der Waals surface area contributed by atoms with Gasteiger partial charge in [0, 0.05) is 87.9 Å². The van der Waals surface area contributed by atoms with Crippen molar-refractivity contribution in [3.8, 4) is 11.8 Å². The Hall–Kier alpha value is -5.83. The first-order valence-electron chi connectivity index (χ1n) is 30.7. The molecule has 11 unspecified atom stereocenters. The highest BCUT2D eigenvalue weighted by molar-refractivity contribution is 8.00. The zero-order chi connectivity index (χ0) is 63.3. The molecule has 1 aromatic heterocycles. The molecular formula is C65H103N7O12S. The molecular weight excluding hydrogens is 1100 g/mol. The van der Waals surface area contributed by atoms with Crippen molar-refractivity contribution in [2.24, 2.45) is 23.7 Å². The number of unbranched alkanes of at least 4 members (excludes halogenated alkanes) is 2. The fourth-order valence-electron chi connectivity index (χ4n) is 11.8. The summed E-state index contributed by atoms with van der Waals surface area (Å²) in [6.07, 6.45) is 3.73. The molecule has 0 saturated carbocycles. The van der Waals surface area contributed by atoms with E-state index in [1.165, 1.54) is 12.0 Å². The van der Waals surface area contributed by atoms with Crippen LogP contribution in [-0.2, 0) is 62.5 Å². The number of anilines is 1. The number of Topliss-reactive ketones (excluding diaryl/α,β-unsaturated/α-hetero) is 1. The van der Waals surface area contributed by atoms with Crippen LogP contribution in [0.15, 0.2) is 60.7 Å². The minimum absolute atomic E-state index is 0.0178. The summed E-state index contributed by atoms with van der Waals surface area (Å²) in [5.41, 5.74) is 2.98. The monoisotopic (exact) mass is 1210 g/mol. The van der Waals surface area contributed by atoms with E-state index in [1.54, 1.807) is 48.4 Å². The Morgan fingerprint density at radius 2 is 1.51 bits per heavy atom. The van der Waals surface area contributed by atoms with Crippen LogP contribution in [0.2, 0.25) is 0 Å². The Balaban J connectivity index is 1.31. The lowest BCUT2D eigenvalue weighted by Gasteiger charge is -2.41. The maximum atomic E-state index is 14.5. The summed E-state index contributed by atoms with van der Waals surface area (Å²) in [4.78, 5) is 86.7. The van der Waals surface area contributed by atoms with Crippen LogP contribution in [0.5, 0.6) is 11.8 Å². The highest BCUT2D eigenvalue weighted by Crippen LogP contribution is 2.46. The Labute approximate surface area is 511 Å². The largest absolute Gasteiger partial charge is 0.494 e. The summed E-state index contributed by atoms with van der Waals surface area (Å²) in [6.45, 7) is 23.1. The Kier molecular flexibility index (Phi) is 29.1. The van der Waals surface area contributed by atoms with Gasteiger partial charge in [0.05, 0.1) is 36.6 Å². The lowest BCUT2D eigenvalue weighted by atomic mass is 9.89. The molecule has 6 N–H and O–H groups in total. The number of hydrogen-bond acceptors (Lipinski definition) is 14. The molecule has 11 atom stereocenters. The summed E-state index contributed by atoms with van der Waals surface area (Å²) in [5.74, 6) is -1.95. The second kappa shape index (κ2) is 34.5. The summed E-state index contributed by atoms with van der Waals surface area (Å²) in [7, 11) is 6.65. The number of hydrogen-bond donors (Lipinski definition) is 6. The third kappa shape index (κ3) is 20.1. The van der Waals surface area contributed by atoms with Crippen LogP contribution >= 0.6 is 11.8 Å². The van der Waals surface area contributed by atoms with E-state index in [2.05, 4.69) is 55.5 Å². The Morgan fingerprint density at radius 1 is 0.835 bits per heavy atom. The minimum Gasteiger partial charge on any atom is -0.494 e. The van der Waals surface area contributed by atoms with Crippen molar-refractivity contribution in [1.29, 1.82) is 0 Å². The van der Waals surface area contributed by atoms with E-state index in [-0.39, 0.29) is 83.4 Å². The number of carbonyl (C=O) groups is 6. The molecule has 1 fully saturated rings. The van der Waals surface area contributed by atoms with Crippen LogP contribution in [0, 0.1) is 23.7 Å². The number of amides is 4. The SMILES string of the molecule is CCSC(C)(CC)c1cc(O)n(CCCCCC(=O)C(C)Nc2ccc(COC(=O)N(C)C(C(=O)NC(CN(C)C(C(C)CC)C(CC(=O)N3CCCC3C(OC)C(C)C(=O)NC(Cc3ccccc3)C(=O)O)OC)C(C)C)C(C)C)cc2)c1O. The first-order valence-corrected chi connectivity index (χ1v) is 31.7. The fourth-order valence-corrected chi connectivity index (χ4v) is 13.0. The van der Waals surface area contributed by atoms with Crippen LogP contribution in [0.25, 0.3) is 0 Å². The van der Waals surface area contributed by atoms with Gasteiger partial charge in [0.25, 0.3) is 0 Å². The quantitative estimate of drug-likeness (QED) is 0.0294. The average molecular weight is 1210 g/mol. The number of ketones is 1. The first kappa shape index (κ1) is 71.6. The molecule has 0 aliphatic carbocycles. The van der Waals surface area contributed by atoms with E-state index >= 15 is 0 Å². The number of ether oxygens (including phenoxy) is 3. The normalized spacial score (nSPS) is 17.5. The van der Waals surface area contributed by atoms with E-state index in [0.29, 0.717) is 51.7 Å². The summed E-state index contributed by atoms with van der Waals surface area (Å²) >= 11 is 1.74. The highest BCUT2D eigenvalue weighted by atomic mass is 32.2. The van der Waals surface area contributed by atoms with E-state index in [9.17, 15) is 44.1 Å². The van der Waals surface area contributed by atoms with Crippen molar-refractivity contribution in [3.05, 3.63) is 77.4 Å².